The number of cyclic esters (lactones) is 1. The normalized spacial score (nSPS) is 24.2. The molecule has 3 rings (SSSR count). The second-order valence-corrected chi connectivity index (χ2v) is 5.87. The number of esters is 1. The van der Waals surface area contributed by atoms with Gasteiger partial charge in [-0.1, -0.05) is 24.3 Å². The van der Waals surface area contributed by atoms with Crippen molar-refractivity contribution in [2.45, 2.75) is 12.8 Å². The van der Waals surface area contributed by atoms with Gasteiger partial charge in [-0.25, -0.2) is 0 Å². The molecule has 0 radical (unpaired) electrons. The van der Waals surface area contributed by atoms with E-state index in [2.05, 4.69) is 6.07 Å². The Bertz CT molecular complexity index is 647. The molecule has 0 amide bonds. The van der Waals surface area contributed by atoms with Crippen molar-refractivity contribution in [3.05, 3.63) is 58.0 Å². The molecule has 2 unspecified atom stereocenters. The number of carbonyl (C=O) groups is 1. The van der Waals surface area contributed by atoms with Gasteiger partial charge in [-0.15, -0.1) is 11.3 Å². The molecule has 0 fully saturated rings. The van der Waals surface area contributed by atoms with Crippen LogP contribution < -0.4 is 0 Å². The molecule has 1 aromatic heterocycles. The zero-order valence-corrected chi connectivity index (χ0v) is 11.6. The predicted octanol–water partition coefficient (Wildman–Crippen LogP) is 3.37. The zero-order chi connectivity index (χ0) is 13.9. The summed E-state index contributed by atoms with van der Waals surface area (Å²) in [6, 6.07) is 6.19. The number of nitrogens with zero attached hydrogens (tertiary/aromatic N) is 1. The van der Waals surface area contributed by atoms with Gasteiger partial charge < -0.3 is 4.74 Å². The van der Waals surface area contributed by atoms with Gasteiger partial charge in [0, 0.05) is 10.8 Å². The Morgan fingerprint density at radius 2 is 2.35 bits per heavy atom. The summed E-state index contributed by atoms with van der Waals surface area (Å²) < 4.78 is 5.20. The van der Waals surface area contributed by atoms with Crippen LogP contribution in [0.5, 0.6) is 0 Å². The van der Waals surface area contributed by atoms with E-state index in [1.54, 1.807) is 11.3 Å². The van der Waals surface area contributed by atoms with E-state index in [-0.39, 0.29) is 17.8 Å². The number of rotatable bonds is 3. The van der Waals surface area contributed by atoms with Gasteiger partial charge in [-0.3, -0.25) is 4.79 Å². The van der Waals surface area contributed by atoms with Crippen LogP contribution in [0.25, 0.3) is 0 Å². The molecule has 1 aromatic rings. The summed E-state index contributed by atoms with van der Waals surface area (Å²) in [6.45, 7) is 0. The molecule has 1 aliphatic carbocycles. The molecule has 0 saturated carbocycles. The number of hydrogen-bond donors (Lipinski definition) is 0. The summed E-state index contributed by atoms with van der Waals surface area (Å²) in [6.07, 6.45) is 8.44. The highest BCUT2D eigenvalue weighted by Crippen LogP contribution is 2.38. The van der Waals surface area contributed by atoms with Crippen LogP contribution in [0.15, 0.2) is 53.1 Å². The molecule has 0 bridgehead atoms. The van der Waals surface area contributed by atoms with E-state index in [0.29, 0.717) is 12.8 Å². The van der Waals surface area contributed by atoms with Crippen molar-refractivity contribution in [3.8, 4) is 6.07 Å². The number of carbonyl (C=O) groups excluding carboxylic acids is 1. The Hall–Kier alpha value is -2.12. The van der Waals surface area contributed by atoms with Crippen molar-refractivity contribution in [1.82, 2.24) is 0 Å². The Morgan fingerprint density at radius 3 is 3.10 bits per heavy atom. The summed E-state index contributed by atoms with van der Waals surface area (Å²) in [5.74, 6) is -0.367. The van der Waals surface area contributed by atoms with Gasteiger partial charge in [-0.2, -0.15) is 5.26 Å². The molecule has 0 spiro atoms. The number of ether oxygens (including phenoxy) is 1. The predicted molar refractivity (Wildman–Crippen MR) is 76.6 cm³/mol. The maximum absolute atomic E-state index is 12.1. The van der Waals surface area contributed by atoms with Crippen LogP contribution in [0.4, 0.5) is 0 Å². The van der Waals surface area contributed by atoms with Crippen molar-refractivity contribution in [2.75, 3.05) is 0 Å². The monoisotopic (exact) mass is 283 g/mol. The van der Waals surface area contributed by atoms with Gasteiger partial charge in [0.05, 0.1) is 24.7 Å². The van der Waals surface area contributed by atoms with Gasteiger partial charge >= 0.3 is 5.97 Å². The fourth-order valence-electron chi connectivity index (χ4n) is 2.67. The van der Waals surface area contributed by atoms with Crippen LogP contribution in [0.2, 0.25) is 0 Å². The summed E-state index contributed by atoms with van der Waals surface area (Å²) in [5, 5.41) is 10.9. The lowest BCUT2D eigenvalue weighted by Gasteiger charge is -2.31. The number of thiophene rings is 1. The van der Waals surface area contributed by atoms with Crippen LogP contribution in [0.1, 0.15) is 11.3 Å². The molecule has 2 aliphatic rings. The summed E-state index contributed by atoms with van der Waals surface area (Å²) in [4.78, 5) is 13.2. The van der Waals surface area contributed by atoms with E-state index < -0.39 is 0 Å². The van der Waals surface area contributed by atoms with Crippen molar-refractivity contribution in [1.29, 1.82) is 5.26 Å². The highest BCUT2D eigenvalue weighted by Gasteiger charge is 2.36. The molecule has 1 aliphatic heterocycles. The summed E-state index contributed by atoms with van der Waals surface area (Å²) in [7, 11) is 0. The summed E-state index contributed by atoms with van der Waals surface area (Å²) >= 11 is 1.65. The molecule has 0 N–H and O–H groups in total. The van der Waals surface area contributed by atoms with Crippen molar-refractivity contribution < 1.29 is 9.53 Å². The molecule has 0 saturated heterocycles. The van der Waals surface area contributed by atoms with Gasteiger partial charge in [0.2, 0.25) is 0 Å². The lowest BCUT2D eigenvalue weighted by atomic mass is 9.76. The fraction of sp³-hybridized carbons (Fsp3) is 0.250. The first-order valence-electron chi connectivity index (χ1n) is 6.47. The highest BCUT2D eigenvalue weighted by atomic mass is 32.1. The Kier molecular flexibility index (Phi) is 3.53. The van der Waals surface area contributed by atoms with Crippen LogP contribution in [-0.4, -0.2) is 5.97 Å². The average Bonchev–Trinajstić information content (AvgIpc) is 2.96. The SMILES string of the molecule is N#CCC1=CC=CC2C1=COC(=O)C2Cc1cccs1. The van der Waals surface area contributed by atoms with Crippen LogP contribution in [0, 0.1) is 23.2 Å². The lowest BCUT2D eigenvalue weighted by Crippen LogP contribution is -2.32. The number of hydrogen-bond acceptors (Lipinski definition) is 4. The minimum atomic E-state index is -0.202. The van der Waals surface area contributed by atoms with Gasteiger partial charge in [0.25, 0.3) is 0 Å². The molecule has 100 valence electrons. The quantitative estimate of drug-likeness (QED) is 0.799. The minimum Gasteiger partial charge on any atom is -0.434 e. The van der Waals surface area contributed by atoms with Crippen molar-refractivity contribution in [3.63, 3.8) is 0 Å². The first-order valence-corrected chi connectivity index (χ1v) is 7.35. The number of allylic oxidation sites excluding steroid dienone is 5. The minimum absolute atomic E-state index is 0.0201. The van der Waals surface area contributed by atoms with Gasteiger partial charge in [0.1, 0.15) is 0 Å². The van der Waals surface area contributed by atoms with Crippen molar-refractivity contribution in [2.24, 2.45) is 11.8 Å². The maximum Gasteiger partial charge on any atom is 0.315 e. The Labute approximate surface area is 121 Å². The highest BCUT2D eigenvalue weighted by molar-refractivity contribution is 7.09. The van der Waals surface area contributed by atoms with E-state index in [4.69, 9.17) is 10.00 Å². The second kappa shape index (κ2) is 5.48. The smallest absolute Gasteiger partial charge is 0.315 e. The number of nitriles is 1. The van der Waals surface area contributed by atoms with E-state index in [0.717, 1.165) is 11.1 Å². The first-order chi connectivity index (χ1) is 9.79. The molecule has 3 nitrogen and oxygen atoms in total. The topological polar surface area (TPSA) is 50.1 Å². The van der Waals surface area contributed by atoms with E-state index >= 15 is 0 Å². The molecular weight excluding hydrogens is 270 g/mol. The fourth-order valence-corrected chi connectivity index (χ4v) is 3.43. The third-order valence-electron chi connectivity index (χ3n) is 3.65. The lowest BCUT2D eigenvalue weighted by molar-refractivity contribution is -0.145. The largest absolute Gasteiger partial charge is 0.434 e. The summed E-state index contributed by atoms with van der Waals surface area (Å²) in [5.41, 5.74) is 1.92. The van der Waals surface area contributed by atoms with Crippen LogP contribution in [0.3, 0.4) is 0 Å². The standard InChI is InChI=1S/C16H13NO2S/c17-7-6-11-3-1-5-13-14(9-12-4-2-8-20-12)16(18)19-10-15(11)13/h1-5,8,10,13-14H,6,9H2. The Balaban J connectivity index is 1.88. The van der Waals surface area contributed by atoms with Crippen LogP contribution >= 0.6 is 11.3 Å². The molecule has 20 heavy (non-hydrogen) atoms. The third-order valence-corrected chi connectivity index (χ3v) is 4.55. The third kappa shape index (κ3) is 2.33. The van der Waals surface area contributed by atoms with E-state index in [1.165, 1.54) is 11.1 Å². The van der Waals surface area contributed by atoms with Crippen molar-refractivity contribution >= 4 is 17.3 Å². The zero-order valence-electron chi connectivity index (χ0n) is 10.8. The average molecular weight is 283 g/mol. The molecule has 0 aromatic carbocycles. The molecule has 2 atom stereocenters. The van der Waals surface area contributed by atoms with E-state index in [1.807, 2.05) is 35.7 Å². The van der Waals surface area contributed by atoms with Gasteiger partial charge in [-0.05, 0) is 29.0 Å². The molecule has 4 heteroatoms. The second-order valence-electron chi connectivity index (χ2n) is 4.84. The molecular formula is C16H13NO2S. The van der Waals surface area contributed by atoms with Gasteiger partial charge in [0.15, 0.2) is 0 Å². The first kappa shape index (κ1) is 12.9. The molecule has 2 heterocycles. The van der Waals surface area contributed by atoms with Crippen LogP contribution in [-0.2, 0) is 16.0 Å². The van der Waals surface area contributed by atoms with E-state index in [9.17, 15) is 4.79 Å². The Morgan fingerprint density at radius 1 is 1.45 bits per heavy atom. The number of fused-ring (bicyclic) bond motifs is 1. The maximum atomic E-state index is 12.1.